The molecule has 0 saturated carbocycles. The third-order valence-corrected chi connectivity index (χ3v) is 5.65. The van der Waals surface area contributed by atoms with Gasteiger partial charge in [-0.05, 0) is 17.2 Å². The fraction of sp³-hybridized carbons (Fsp3) is 0.0909. The van der Waals surface area contributed by atoms with Gasteiger partial charge in [-0.3, -0.25) is 4.79 Å². The molecule has 0 atom stereocenters. The number of benzene rings is 2. The maximum Gasteiger partial charge on any atom is 0.348 e. The average Bonchev–Trinajstić information content (AvgIpc) is 3.26. The molecule has 2 heterocycles. The first-order valence-electron chi connectivity index (χ1n) is 8.67. The van der Waals surface area contributed by atoms with Gasteiger partial charge in [0.2, 0.25) is 0 Å². The number of esters is 1. The van der Waals surface area contributed by atoms with E-state index in [0.29, 0.717) is 10.4 Å². The summed E-state index contributed by atoms with van der Waals surface area (Å²) in [4.78, 5) is 24.2. The van der Waals surface area contributed by atoms with E-state index in [1.54, 1.807) is 10.6 Å². The van der Waals surface area contributed by atoms with Crippen LogP contribution in [-0.4, -0.2) is 28.7 Å². The van der Waals surface area contributed by atoms with E-state index in [1.165, 1.54) is 18.4 Å². The molecule has 0 radical (unpaired) electrons. The molecule has 2 aromatic carbocycles. The number of carbonyl (C=O) groups is 2. The number of carbonyl (C=O) groups excluding carboxylic acids is 1. The van der Waals surface area contributed by atoms with E-state index in [0.717, 1.165) is 27.1 Å². The molecule has 6 heteroatoms. The molecule has 4 rings (SSSR count). The van der Waals surface area contributed by atoms with E-state index < -0.39 is 11.9 Å². The van der Waals surface area contributed by atoms with Gasteiger partial charge in [0.05, 0.1) is 23.0 Å². The zero-order valence-corrected chi connectivity index (χ0v) is 15.9. The van der Waals surface area contributed by atoms with Crippen molar-refractivity contribution in [1.82, 2.24) is 4.57 Å². The summed E-state index contributed by atoms with van der Waals surface area (Å²) in [5, 5.41) is 9.53. The summed E-state index contributed by atoms with van der Waals surface area (Å²) in [6.07, 6.45) is 0. The van der Waals surface area contributed by atoms with Crippen LogP contribution in [0, 0.1) is 0 Å². The van der Waals surface area contributed by atoms with Gasteiger partial charge in [-0.15, -0.1) is 11.3 Å². The molecule has 2 aromatic heterocycles. The van der Waals surface area contributed by atoms with Crippen molar-refractivity contribution in [2.75, 3.05) is 7.11 Å². The summed E-state index contributed by atoms with van der Waals surface area (Å²) in [5.41, 5.74) is 4.35. The lowest BCUT2D eigenvalue weighted by Crippen LogP contribution is -2.10. The fourth-order valence-electron chi connectivity index (χ4n) is 3.39. The lowest BCUT2D eigenvalue weighted by atomic mass is 10.0. The number of hydrogen-bond donors (Lipinski definition) is 1. The molecule has 0 saturated heterocycles. The number of methoxy groups -OCH3 is 1. The van der Waals surface area contributed by atoms with Crippen LogP contribution < -0.4 is 0 Å². The Hall–Kier alpha value is -3.38. The van der Waals surface area contributed by atoms with Crippen LogP contribution in [0.2, 0.25) is 0 Å². The zero-order valence-electron chi connectivity index (χ0n) is 15.1. The molecule has 0 aliphatic rings. The Kier molecular flexibility index (Phi) is 4.71. The molecule has 4 aromatic rings. The third-order valence-electron chi connectivity index (χ3n) is 4.53. The number of carboxylic acids is 1. The average molecular weight is 391 g/mol. The standard InChI is InChI=1S/C22H17NO4S/c1-27-22(26)17-12-16-21(28-17)19(14-8-4-2-5-9-14)20(23(16)13-18(24)25)15-10-6-3-7-11-15/h2-12H,13H2,1H3,(H,24,25). The zero-order chi connectivity index (χ0) is 19.7. The minimum atomic E-state index is -0.945. The normalized spacial score (nSPS) is 10.9. The van der Waals surface area contributed by atoms with Gasteiger partial charge in [0.25, 0.3) is 0 Å². The first-order chi connectivity index (χ1) is 13.6. The van der Waals surface area contributed by atoms with Gasteiger partial charge in [-0.2, -0.15) is 0 Å². The first-order valence-corrected chi connectivity index (χ1v) is 9.48. The van der Waals surface area contributed by atoms with Crippen LogP contribution in [0.4, 0.5) is 0 Å². The summed E-state index contributed by atoms with van der Waals surface area (Å²) in [7, 11) is 1.34. The van der Waals surface area contributed by atoms with Crippen LogP contribution in [0.5, 0.6) is 0 Å². The summed E-state index contributed by atoms with van der Waals surface area (Å²) >= 11 is 1.32. The number of fused-ring (bicyclic) bond motifs is 1. The van der Waals surface area contributed by atoms with Gasteiger partial charge in [-0.25, -0.2) is 4.79 Å². The Labute approximate surface area is 165 Å². The summed E-state index contributed by atoms with van der Waals surface area (Å²) in [6, 6.07) is 21.2. The number of carboxylic acid groups (broad SMARTS) is 1. The van der Waals surface area contributed by atoms with E-state index in [-0.39, 0.29) is 6.54 Å². The second-order valence-electron chi connectivity index (χ2n) is 6.25. The highest BCUT2D eigenvalue weighted by molar-refractivity contribution is 7.21. The quantitative estimate of drug-likeness (QED) is 0.491. The van der Waals surface area contributed by atoms with Crippen molar-refractivity contribution in [2.45, 2.75) is 6.54 Å². The molecule has 1 N–H and O–H groups in total. The molecule has 0 aliphatic heterocycles. The minimum absolute atomic E-state index is 0.203. The van der Waals surface area contributed by atoms with Crippen molar-refractivity contribution in [3.63, 3.8) is 0 Å². The highest BCUT2D eigenvalue weighted by Crippen LogP contribution is 2.44. The van der Waals surface area contributed by atoms with Crippen molar-refractivity contribution < 1.29 is 19.4 Å². The number of thiophene rings is 1. The van der Waals surface area contributed by atoms with Crippen LogP contribution in [0.15, 0.2) is 66.7 Å². The summed E-state index contributed by atoms with van der Waals surface area (Å²) in [5.74, 6) is -1.37. The van der Waals surface area contributed by atoms with E-state index in [9.17, 15) is 14.7 Å². The topological polar surface area (TPSA) is 68.5 Å². The fourth-order valence-corrected chi connectivity index (χ4v) is 4.54. The van der Waals surface area contributed by atoms with Crippen molar-refractivity contribution in [3.8, 4) is 22.4 Å². The lowest BCUT2D eigenvalue weighted by molar-refractivity contribution is -0.137. The minimum Gasteiger partial charge on any atom is -0.480 e. The van der Waals surface area contributed by atoms with Crippen LogP contribution in [0.25, 0.3) is 32.6 Å². The number of ether oxygens (including phenoxy) is 1. The largest absolute Gasteiger partial charge is 0.480 e. The predicted molar refractivity (Wildman–Crippen MR) is 110 cm³/mol. The maximum atomic E-state index is 12.1. The number of aromatic nitrogens is 1. The molecule has 0 unspecified atom stereocenters. The SMILES string of the molecule is COC(=O)c1cc2c(s1)c(-c1ccccc1)c(-c1ccccc1)n2CC(=O)O. The van der Waals surface area contributed by atoms with Gasteiger partial charge in [0.1, 0.15) is 11.4 Å². The van der Waals surface area contributed by atoms with Crippen molar-refractivity contribution in [3.05, 3.63) is 71.6 Å². The van der Waals surface area contributed by atoms with Gasteiger partial charge in [-0.1, -0.05) is 60.7 Å². The number of rotatable bonds is 5. The first kappa shape index (κ1) is 18.0. The highest BCUT2D eigenvalue weighted by atomic mass is 32.1. The van der Waals surface area contributed by atoms with E-state index in [2.05, 4.69) is 0 Å². The van der Waals surface area contributed by atoms with Gasteiger partial charge in [0, 0.05) is 5.56 Å². The number of hydrogen-bond acceptors (Lipinski definition) is 4. The maximum absolute atomic E-state index is 12.1. The van der Waals surface area contributed by atoms with Crippen molar-refractivity contribution >= 4 is 33.5 Å². The lowest BCUT2D eigenvalue weighted by Gasteiger charge is -2.11. The Morgan fingerprint density at radius 3 is 2.18 bits per heavy atom. The molecule has 0 amide bonds. The molecular formula is C22H17NO4S. The molecule has 28 heavy (non-hydrogen) atoms. The molecule has 0 bridgehead atoms. The van der Waals surface area contributed by atoms with Gasteiger partial charge < -0.3 is 14.4 Å². The molecule has 0 spiro atoms. The highest BCUT2D eigenvalue weighted by Gasteiger charge is 2.25. The molecular weight excluding hydrogens is 374 g/mol. The monoisotopic (exact) mass is 391 g/mol. The summed E-state index contributed by atoms with van der Waals surface area (Å²) < 4.78 is 7.49. The third kappa shape index (κ3) is 3.08. The van der Waals surface area contributed by atoms with Crippen LogP contribution >= 0.6 is 11.3 Å². The van der Waals surface area contributed by atoms with E-state index >= 15 is 0 Å². The van der Waals surface area contributed by atoms with Crippen molar-refractivity contribution in [1.29, 1.82) is 0 Å². The smallest absolute Gasteiger partial charge is 0.348 e. The van der Waals surface area contributed by atoms with Crippen molar-refractivity contribution in [2.24, 2.45) is 0 Å². The summed E-state index contributed by atoms with van der Waals surface area (Å²) in [6.45, 7) is -0.203. The Balaban J connectivity index is 2.10. The second-order valence-corrected chi connectivity index (χ2v) is 7.30. The Morgan fingerprint density at radius 1 is 1.00 bits per heavy atom. The second kappa shape index (κ2) is 7.32. The molecule has 0 aliphatic carbocycles. The van der Waals surface area contributed by atoms with Crippen LogP contribution in [0.3, 0.4) is 0 Å². The van der Waals surface area contributed by atoms with E-state index in [1.807, 2.05) is 60.7 Å². The molecule has 5 nitrogen and oxygen atoms in total. The Morgan fingerprint density at radius 2 is 1.61 bits per heavy atom. The number of aliphatic carboxylic acids is 1. The molecule has 0 fully saturated rings. The van der Waals surface area contributed by atoms with Crippen LogP contribution in [0.1, 0.15) is 9.67 Å². The van der Waals surface area contributed by atoms with Crippen LogP contribution in [-0.2, 0) is 16.1 Å². The molecule has 140 valence electrons. The van der Waals surface area contributed by atoms with E-state index in [4.69, 9.17) is 4.74 Å². The van der Waals surface area contributed by atoms with Gasteiger partial charge in [0.15, 0.2) is 0 Å². The number of nitrogens with zero attached hydrogens (tertiary/aromatic N) is 1. The Bertz CT molecular complexity index is 1160. The van der Waals surface area contributed by atoms with Gasteiger partial charge >= 0.3 is 11.9 Å². The predicted octanol–water partition coefficient (Wildman–Crippen LogP) is 4.91.